The van der Waals surface area contributed by atoms with E-state index in [0.717, 1.165) is 0 Å². The van der Waals surface area contributed by atoms with E-state index in [1.165, 1.54) is 0 Å². The Hall–Kier alpha value is -0.220. The van der Waals surface area contributed by atoms with E-state index in [4.69, 9.17) is 11.5 Å². The van der Waals surface area contributed by atoms with Crippen LogP contribution in [0.3, 0.4) is 0 Å². The maximum atomic E-state index is 10.9. The molecule has 0 fully saturated rings. The van der Waals surface area contributed by atoms with Crippen LogP contribution in [0, 0.1) is 0 Å². The van der Waals surface area contributed by atoms with Gasteiger partial charge in [-0.15, -0.1) is 0 Å². The number of hydrogen-bond donors (Lipinski definition) is 2. The molecule has 0 aliphatic carbocycles. The van der Waals surface area contributed by atoms with Gasteiger partial charge in [0.25, 0.3) is 0 Å². The molecule has 0 rings (SSSR count). The molecule has 13 heavy (non-hydrogen) atoms. The largest absolute Gasteiger partial charge is 0.368 e. The van der Waals surface area contributed by atoms with Crippen molar-refractivity contribution in [3.8, 4) is 0 Å². The molecule has 0 aromatic carbocycles. The Kier molecular flexibility index (Phi) is 4.78. The van der Waals surface area contributed by atoms with Crippen LogP contribution in [0.1, 0.15) is 34.1 Å². The van der Waals surface area contributed by atoms with E-state index in [2.05, 4.69) is 20.8 Å². The maximum absolute atomic E-state index is 10.9. The Bertz CT molecular complexity index is 180. The van der Waals surface area contributed by atoms with Crippen LogP contribution in [0.4, 0.5) is 0 Å². The highest BCUT2D eigenvalue weighted by molar-refractivity contribution is 8.00. The summed E-state index contributed by atoms with van der Waals surface area (Å²) in [5.74, 6) is -0.427. The lowest BCUT2D eigenvalue weighted by Gasteiger charge is -2.25. The van der Waals surface area contributed by atoms with E-state index < -0.39 is 11.4 Å². The Morgan fingerprint density at radius 3 is 2.23 bits per heavy atom. The molecule has 0 saturated heterocycles. The van der Waals surface area contributed by atoms with Gasteiger partial charge in [0.05, 0.1) is 5.54 Å². The summed E-state index contributed by atoms with van der Waals surface area (Å²) >= 11 is 1.81. The predicted octanol–water partition coefficient (Wildman–Crippen LogP) is 1.11. The van der Waals surface area contributed by atoms with Gasteiger partial charge in [-0.3, -0.25) is 4.79 Å². The highest BCUT2D eigenvalue weighted by atomic mass is 32.2. The van der Waals surface area contributed by atoms with Crippen LogP contribution >= 0.6 is 11.8 Å². The van der Waals surface area contributed by atoms with Crippen molar-refractivity contribution in [2.75, 3.05) is 0 Å². The highest BCUT2D eigenvalue weighted by Crippen LogP contribution is 2.23. The lowest BCUT2D eigenvalue weighted by molar-refractivity contribution is -0.122. The monoisotopic (exact) mass is 204 g/mol. The van der Waals surface area contributed by atoms with Crippen molar-refractivity contribution in [3.05, 3.63) is 0 Å². The van der Waals surface area contributed by atoms with Crippen molar-refractivity contribution >= 4 is 17.7 Å². The minimum atomic E-state index is -0.874. The molecule has 2 atom stereocenters. The predicted molar refractivity (Wildman–Crippen MR) is 58.6 cm³/mol. The molecular formula is C9H20N2OS. The van der Waals surface area contributed by atoms with Gasteiger partial charge in [-0.25, -0.2) is 0 Å². The van der Waals surface area contributed by atoms with Gasteiger partial charge in [0.15, 0.2) is 0 Å². The summed E-state index contributed by atoms with van der Waals surface area (Å²) in [7, 11) is 0. The smallest absolute Gasteiger partial charge is 0.237 e. The molecule has 2 unspecified atom stereocenters. The van der Waals surface area contributed by atoms with E-state index in [1.54, 1.807) is 6.92 Å². The minimum Gasteiger partial charge on any atom is -0.368 e. The normalized spacial score (nSPS) is 18.3. The number of hydrogen-bond acceptors (Lipinski definition) is 3. The summed E-state index contributed by atoms with van der Waals surface area (Å²) in [6.45, 7) is 8.00. The van der Waals surface area contributed by atoms with Crippen LogP contribution in [0.25, 0.3) is 0 Å². The number of amides is 1. The molecule has 4 N–H and O–H groups in total. The summed E-state index contributed by atoms with van der Waals surface area (Å²) in [6.07, 6.45) is 0.630. The highest BCUT2D eigenvalue weighted by Gasteiger charge is 2.28. The maximum Gasteiger partial charge on any atom is 0.237 e. The van der Waals surface area contributed by atoms with Crippen molar-refractivity contribution in [2.24, 2.45) is 11.5 Å². The molecule has 0 heterocycles. The van der Waals surface area contributed by atoms with E-state index >= 15 is 0 Å². The first-order valence-corrected chi connectivity index (χ1v) is 5.44. The third-order valence-electron chi connectivity index (χ3n) is 1.78. The summed E-state index contributed by atoms with van der Waals surface area (Å²) in [4.78, 5) is 10.9. The first kappa shape index (κ1) is 12.8. The molecule has 0 aromatic heterocycles. The lowest BCUT2D eigenvalue weighted by Crippen LogP contribution is -2.50. The van der Waals surface area contributed by atoms with E-state index in [1.807, 2.05) is 11.8 Å². The number of rotatable bonds is 5. The fraction of sp³-hybridized carbons (Fsp3) is 0.889. The van der Waals surface area contributed by atoms with Gasteiger partial charge in [0, 0.05) is 5.25 Å². The van der Waals surface area contributed by atoms with Crippen molar-refractivity contribution < 1.29 is 4.79 Å². The Balaban J connectivity index is 4.04. The summed E-state index contributed by atoms with van der Waals surface area (Å²) in [5, 5.41) is 0.918. The average molecular weight is 204 g/mol. The molecule has 0 aliphatic heterocycles. The van der Waals surface area contributed by atoms with Crippen molar-refractivity contribution in [1.82, 2.24) is 0 Å². The van der Waals surface area contributed by atoms with Crippen LogP contribution in [0.15, 0.2) is 0 Å². The Morgan fingerprint density at radius 2 is 1.92 bits per heavy atom. The first-order valence-electron chi connectivity index (χ1n) is 4.50. The standard InChI is InChI=1S/C9H20N2OS/c1-6(2)13-7(3)5-9(4,11)8(10)12/h6-7H,5,11H2,1-4H3,(H2,10,12). The number of carbonyl (C=O) groups excluding carboxylic acids is 1. The van der Waals surface area contributed by atoms with Crippen molar-refractivity contribution in [2.45, 2.75) is 50.2 Å². The summed E-state index contributed by atoms with van der Waals surface area (Å²) in [5.41, 5.74) is 10.1. The van der Waals surface area contributed by atoms with E-state index in [0.29, 0.717) is 16.9 Å². The molecule has 78 valence electrons. The molecule has 1 amide bonds. The van der Waals surface area contributed by atoms with Crippen LogP contribution in [-0.4, -0.2) is 21.9 Å². The third-order valence-corrected chi connectivity index (χ3v) is 2.95. The second-order valence-electron chi connectivity index (χ2n) is 3.98. The van der Waals surface area contributed by atoms with Crippen LogP contribution in [-0.2, 0) is 4.79 Å². The van der Waals surface area contributed by atoms with Crippen LogP contribution in [0.5, 0.6) is 0 Å². The zero-order chi connectivity index (χ0) is 10.6. The van der Waals surface area contributed by atoms with E-state index in [9.17, 15) is 4.79 Å². The zero-order valence-electron chi connectivity index (χ0n) is 8.83. The van der Waals surface area contributed by atoms with E-state index in [-0.39, 0.29) is 0 Å². The molecular weight excluding hydrogens is 184 g/mol. The van der Waals surface area contributed by atoms with Crippen LogP contribution in [0.2, 0.25) is 0 Å². The molecule has 0 bridgehead atoms. The quantitative estimate of drug-likeness (QED) is 0.705. The van der Waals surface area contributed by atoms with Crippen molar-refractivity contribution in [1.29, 1.82) is 0 Å². The topological polar surface area (TPSA) is 69.1 Å². The number of thioether (sulfide) groups is 1. The number of primary amides is 1. The summed E-state index contributed by atoms with van der Waals surface area (Å²) in [6, 6.07) is 0. The van der Waals surface area contributed by atoms with Crippen molar-refractivity contribution in [3.63, 3.8) is 0 Å². The fourth-order valence-electron chi connectivity index (χ4n) is 1.21. The van der Waals surface area contributed by atoms with Gasteiger partial charge in [-0.2, -0.15) is 11.8 Å². The summed E-state index contributed by atoms with van der Waals surface area (Å²) < 4.78 is 0. The Labute approximate surface area is 84.6 Å². The van der Waals surface area contributed by atoms with Crippen LogP contribution < -0.4 is 11.5 Å². The number of nitrogens with two attached hydrogens (primary N) is 2. The SMILES string of the molecule is CC(C)SC(C)CC(C)(N)C(N)=O. The van der Waals surface area contributed by atoms with Gasteiger partial charge < -0.3 is 11.5 Å². The van der Waals surface area contributed by atoms with Gasteiger partial charge in [0.1, 0.15) is 0 Å². The third kappa shape index (κ3) is 5.16. The molecule has 3 nitrogen and oxygen atoms in total. The molecule has 4 heteroatoms. The average Bonchev–Trinajstić information content (AvgIpc) is 1.82. The minimum absolute atomic E-state index is 0.363. The molecule has 0 radical (unpaired) electrons. The number of carbonyl (C=O) groups is 1. The second-order valence-corrected chi connectivity index (χ2v) is 6.00. The molecule has 0 saturated carbocycles. The Morgan fingerprint density at radius 1 is 1.46 bits per heavy atom. The molecule has 0 aromatic rings. The van der Waals surface area contributed by atoms with Gasteiger partial charge in [-0.05, 0) is 18.6 Å². The van der Waals surface area contributed by atoms with Gasteiger partial charge in [0.2, 0.25) is 5.91 Å². The first-order chi connectivity index (χ1) is 5.75. The second kappa shape index (κ2) is 4.86. The lowest BCUT2D eigenvalue weighted by atomic mass is 9.97. The fourth-order valence-corrected chi connectivity index (χ4v) is 2.58. The molecule has 0 spiro atoms. The van der Waals surface area contributed by atoms with Gasteiger partial charge in [-0.1, -0.05) is 20.8 Å². The zero-order valence-corrected chi connectivity index (χ0v) is 9.65. The molecule has 0 aliphatic rings. The van der Waals surface area contributed by atoms with Gasteiger partial charge >= 0.3 is 0 Å².